The Balaban J connectivity index is 0.00000420. The van der Waals surface area contributed by atoms with E-state index in [0.29, 0.717) is 24.5 Å². The summed E-state index contributed by atoms with van der Waals surface area (Å²) < 4.78 is 6.38. The van der Waals surface area contributed by atoms with Crippen molar-refractivity contribution < 1.29 is 24.2 Å². The number of nitrogens with zero attached hydrogens (tertiary/aromatic N) is 4. The zero-order chi connectivity index (χ0) is 27.6. The van der Waals surface area contributed by atoms with Gasteiger partial charge in [0.1, 0.15) is 17.6 Å². The quantitative estimate of drug-likeness (QED) is 0.373. The molecule has 4 heterocycles. The van der Waals surface area contributed by atoms with Crippen molar-refractivity contribution in [3.8, 4) is 0 Å². The van der Waals surface area contributed by atoms with Crippen molar-refractivity contribution in [2.45, 2.75) is 45.1 Å². The lowest BCUT2D eigenvalue weighted by atomic mass is 9.93. The molecule has 12 nitrogen and oxygen atoms in total. The van der Waals surface area contributed by atoms with Gasteiger partial charge in [0.15, 0.2) is 5.13 Å². The van der Waals surface area contributed by atoms with Crippen molar-refractivity contribution in [1.82, 2.24) is 14.4 Å². The van der Waals surface area contributed by atoms with Crippen molar-refractivity contribution >= 4 is 64.4 Å². The molecule has 1 fully saturated rings. The Morgan fingerprint density at radius 1 is 1.28 bits per heavy atom. The van der Waals surface area contributed by atoms with Crippen molar-refractivity contribution in [3.05, 3.63) is 57.0 Å². The number of piperidine rings is 1. The number of nitrogens with one attached hydrogen (secondary N) is 1. The van der Waals surface area contributed by atoms with E-state index in [1.165, 1.54) is 40.1 Å². The maximum absolute atomic E-state index is 13.4. The zero-order valence-electron chi connectivity index (χ0n) is 21.5. The molecule has 1 unspecified atom stereocenters. The number of nitrogens with two attached hydrogens (primary N) is 1. The maximum atomic E-state index is 13.4. The number of pyridine rings is 1. The highest BCUT2D eigenvalue weighted by Crippen LogP contribution is 2.27. The molecule has 1 aliphatic rings. The molecule has 14 heteroatoms. The summed E-state index contributed by atoms with van der Waals surface area (Å²) in [6, 6.07) is 2.95. The fourth-order valence-corrected chi connectivity index (χ4v) is 4.99. The highest BCUT2D eigenvalue weighted by atomic mass is 35.5. The molecule has 39 heavy (non-hydrogen) atoms. The number of carbonyl (C=O) groups excluding carboxylic acids is 2. The molecule has 208 valence electrons. The smallest absolute Gasteiger partial charge is 0.404 e. The Kier molecular flexibility index (Phi) is 8.97. The van der Waals surface area contributed by atoms with Crippen molar-refractivity contribution in [2.75, 3.05) is 23.3 Å². The van der Waals surface area contributed by atoms with Crippen LogP contribution in [-0.2, 0) is 14.9 Å². The number of carboxylic acids is 1. The minimum absolute atomic E-state index is 0. The SMILES string of the molecule is CC(C)(C)c1csc(NC(=O)c2ccn3c(=O)c(C=CC(=O)O)c(N4CCCC(OC(N)=O)C4)nc3c2)n1.Cl. The highest BCUT2D eigenvalue weighted by molar-refractivity contribution is 7.14. The predicted molar refractivity (Wildman–Crippen MR) is 150 cm³/mol. The van der Waals surface area contributed by atoms with E-state index in [9.17, 15) is 19.2 Å². The molecule has 0 saturated carbocycles. The van der Waals surface area contributed by atoms with Crippen molar-refractivity contribution in [2.24, 2.45) is 5.73 Å². The first-order valence-electron chi connectivity index (χ1n) is 11.9. The average molecular weight is 577 g/mol. The largest absolute Gasteiger partial charge is 0.478 e. The topological polar surface area (TPSA) is 169 Å². The second kappa shape index (κ2) is 11.8. The van der Waals surface area contributed by atoms with Gasteiger partial charge < -0.3 is 20.5 Å². The van der Waals surface area contributed by atoms with Crippen LogP contribution in [-0.4, -0.2) is 56.6 Å². The molecular weight excluding hydrogens is 548 g/mol. The van der Waals surface area contributed by atoms with Gasteiger partial charge in [0.05, 0.1) is 17.8 Å². The van der Waals surface area contributed by atoms with E-state index in [2.05, 4.69) is 15.3 Å². The van der Waals surface area contributed by atoms with Crippen LogP contribution in [0.5, 0.6) is 0 Å². The molecule has 3 aromatic heterocycles. The molecule has 1 atom stereocenters. The lowest BCUT2D eigenvalue weighted by Gasteiger charge is -2.33. The van der Waals surface area contributed by atoms with Crippen LogP contribution in [0.1, 0.15) is 55.2 Å². The van der Waals surface area contributed by atoms with Crippen LogP contribution in [0.25, 0.3) is 11.7 Å². The summed E-state index contributed by atoms with van der Waals surface area (Å²) in [7, 11) is 0. The molecule has 1 saturated heterocycles. The summed E-state index contributed by atoms with van der Waals surface area (Å²) in [5.74, 6) is -1.42. The Bertz CT molecular complexity index is 1490. The average Bonchev–Trinajstić information content (AvgIpc) is 3.32. The molecule has 4 N–H and O–H groups in total. The summed E-state index contributed by atoms with van der Waals surface area (Å²) >= 11 is 1.32. The number of ether oxygens (including phenoxy) is 1. The number of carbonyl (C=O) groups is 3. The predicted octanol–water partition coefficient (Wildman–Crippen LogP) is 3.28. The first-order valence-corrected chi connectivity index (χ1v) is 12.8. The summed E-state index contributed by atoms with van der Waals surface area (Å²) in [5, 5.41) is 14.3. The fourth-order valence-electron chi connectivity index (χ4n) is 4.06. The number of fused-ring (bicyclic) bond motifs is 1. The van der Waals surface area contributed by atoms with Crippen molar-refractivity contribution in [3.63, 3.8) is 0 Å². The van der Waals surface area contributed by atoms with Crippen LogP contribution in [0.15, 0.2) is 34.6 Å². The number of hydrogen-bond acceptors (Lipinski definition) is 9. The first-order chi connectivity index (χ1) is 17.9. The number of thiazole rings is 1. The normalized spacial score (nSPS) is 15.7. The minimum atomic E-state index is -1.22. The van der Waals surface area contributed by atoms with Crippen LogP contribution in [0.3, 0.4) is 0 Å². The number of halogens is 1. The third kappa shape index (κ3) is 6.92. The molecule has 3 aromatic rings. The molecular formula is C25H29ClN6O6S. The highest BCUT2D eigenvalue weighted by Gasteiger charge is 2.26. The van der Waals surface area contributed by atoms with Crippen molar-refractivity contribution in [1.29, 1.82) is 0 Å². The molecule has 0 bridgehead atoms. The van der Waals surface area contributed by atoms with Crippen LogP contribution in [0.2, 0.25) is 0 Å². The Morgan fingerprint density at radius 3 is 2.67 bits per heavy atom. The lowest BCUT2D eigenvalue weighted by Crippen LogP contribution is -2.43. The molecule has 0 aliphatic carbocycles. The second-order valence-electron chi connectivity index (χ2n) is 9.86. The molecule has 2 amide bonds. The molecule has 4 rings (SSSR count). The van der Waals surface area contributed by atoms with E-state index in [0.717, 1.165) is 11.8 Å². The molecule has 0 aromatic carbocycles. The zero-order valence-corrected chi connectivity index (χ0v) is 23.2. The minimum Gasteiger partial charge on any atom is -0.478 e. The third-order valence-corrected chi connectivity index (χ3v) is 6.71. The van der Waals surface area contributed by atoms with Gasteiger partial charge >= 0.3 is 12.1 Å². The van der Waals surface area contributed by atoms with E-state index in [1.807, 2.05) is 26.2 Å². The first kappa shape index (κ1) is 29.6. The van der Waals surface area contributed by atoms with E-state index in [1.54, 1.807) is 4.90 Å². The van der Waals surface area contributed by atoms with Gasteiger partial charge in [0, 0.05) is 35.2 Å². The van der Waals surface area contributed by atoms with E-state index in [4.69, 9.17) is 15.6 Å². The number of anilines is 2. The van der Waals surface area contributed by atoms with Gasteiger partial charge in [-0.2, -0.15) is 0 Å². The van der Waals surface area contributed by atoms with Crippen LogP contribution < -0.4 is 21.5 Å². The van der Waals surface area contributed by atoms with Crippen LogP contribution in [0.4, 0.5) is 15.7 Å². The van der Waals surface area contributed by atoms with Gasteiger partial charge in [0.25, 0.3) is 11.5 Å². The second-order valence-corrected chi connectivity index (χ2v) is 10.7. The number of aromatic nitrogens is 3. The number of amides is 2. The summed E-state index contributed by atoms with van der Waals surface area (Å²) in [5.41, 5.74) is 5.87. The van der Waals surface area contributed by atoms with Gasteiger partial charge in [0.2, 0.25) is 0 Å². The van der Waals surface area contributed by atoms with E-state index >= 15 is 0 Å². The number of hydrogen-bond donors (Lipinski definition) is 3. The van der Waals surface area contributed by atoms with Gasteiger partial charge in [-0.25, -0.2) is 19.6 Å². The number of rotatable bonds is 6. The number of primary amides is 1. The van der Waals surface area contributed by atoms with Crippen LogP contribution >= 0.6 is 23.7 Å². The monoisotopic (exact) mass is 576 g/mol. The van der Waals surface area contributed by atoms with Gasteiger partial charge in [-0.3, -0.25) is 19.3 Å². The number of aliphatic carboxylic acids is 1. The summed E-state index contributed by atoms with van der Waals surface area (Å²) in [6.45, 7) is 6.81. The number of carboxylic acid groups (broad SMARTS) is 1. The molecule has 0 spiro atoms. The lowest BCUT2D eigenvalue weighted by molar-refractivity contribution is -0.131. The Labute approximate surface area is 233 Å². The third-order valence-electron chi connectivity index (χ3n) is 5.95. The maximum Gasteiger partial charge on any atom is 0.404 e. The molecule has 0 radical (unpaired) electrons. The van der Waals surface area contributed by atoms with Crippen LogP contribution in [0, 0.1) is 0 Å². The molecule has 1 aliphatic heterocycles. The van der Waals surface area contributed by atoms with Gasteiger partial charge in [-0.05, 0) is 31.1 Å². The Morgan fingerprint density at radius 2 is 2.03 bits per heavy atom. The van der Waals surface area contributed by atoms with E-state index < -0.39 is 29.6 Å². The van der Waals surface area contributed by atoms with E-state index in [-0.39, 0.29) is 47.0 Å². The summed E-state index contributed by atoms with van der Waals surface area (Å²) in [6.07, 6.45) is 3.27. The summed E-state index contributed by atoms with van der Waals surface area (Å²) in [4.78, 5) is 59.6. The van der Waals surface area contributed by atoms with Gasteiger partial charge in [-0.1, -0.05) is 20.8 Å². The fraction of sp³-hybridized carbons (Fsp3) is 0.360. The Hall–Kier alpha value is -3.97. The standard InChI is InChI=1S/C25H28N6O6S.ClH/c1-25(2,3)17-13-38-24(27-17)29-21(34)14-8-10-31-18(11-14)28-20(16(22(31)35)6-7-19(32)33)30-9-4-5-15(12-30)37-23(26)36;/h6-8,10-11,13,15H,4-5,9,12H2,1-3H3,(H2,26,36)(H,32,33)(H,27,29,34);1H. The van der Waals surface area contributed by atoms with Gasteiger partial charge in [-0.15, -0.1) is 23.7 Å².